The molecule has 12 heteroatoms. The van der Waals surface area contributed by atoms with Gasteiger partial charge in [-0.3, -0.25) is 15.0 Å². The van der Waals surface area contributed by atoms with Crippen LogP contribution >= 0.6 is 0 Å². The third kappa shape index (κ3) is 6.18. The van der Waals surface area contributed by atoms with Crippen LogP contribution in [0.25, 0.3) is 0 Å². The first-order valence-electron chi connectivity index (χ1n) is 12.5. The summed E-state index contributed by atoms with van der Waals surface area (Å²) in [7, 11) is 1.55. The molecule has 2 aromatic rings. The average Bonchev–Trinajstić information content (AvgIpc) is 3.11. The monoisotopic (exact) mass is 522 g/mol. The maximum atomic E-state index is 13.3. The summed E-state index contributed by atoms with van der Waals surface area (Å²) in [5, 5.41) is 12.1. The number of nitriles is 1. The van der Waals surface area contributed by atoms with E-state index < -0.39 is 12.1 Å². The Bertz CT molecular complexity index is 1250. The highest BCUT2D eigenvalue weighted by molar-refractivity contribution is 6.01. The molecular formula is C26H30N6O6. The predicted molar refractivity (Wildman–Crippen MR) is 136 cm³/mol. The van der Waals surface area contributed by atoms with Gasteiger partial charge in [0.2, 0.25) is 0 Å². The molecule has 0 unspecified atom stereocenters. The van der Waals surface area contributed by atoms with Gasteiger partial charge in [-0.2, -0.15) is 5.26 Å². The molecule has 200 valence electrons. The van der Waals surface area contributed by atoms with Crippen molar-refractivity contribution in [2.24, 2.45) is 0 Å². The topological polar surface area (TPSA) is 147 Å². The molecule has 1 atom stereocenters. The number of methoxy groups -OCH3 is 1. The summed E-state index contributed by atoms with van der Waals surface area (Å²) in [6.45, 7) is 3.65. The van der Waals surface area contributed by atoms with E-state index in [4.69, 9.17) is 14.2 Å². The molecule has 2 aliphatic rings. The summed E-state index contributed by atoms with van der Waals surface area (Å²) in [4.78, 5) is 49.2. The molecule has 3 amide bonds. The van der Waals surface area contributed by atoms with Gasteiger partial charge < -0.3 is 19.1 Å². The molecule has 12 nitrogen and oxygen atoms in total. The van der Waals surface area contributed by atoms with Gasteiger partial charge in [0.1, 0.15) is 40.8 Å². The number of aldehydes is 1. The summed E-state index contributed by atoms with van der Waals surface area (Å²) in [5.74, 6) is 0.865. The minimum absolute atomic E-state index is 0.166. The molecule has 1 saturated heterocycles. The Morgan fingerprint density at radius 1 is 1.32 bits per heavy atom. The van der Waals surface area contributed by atoms with Gasteiger partial charge in [0.25, 0.3) is 0 Å². The number of nitrogens with one attached hydrogen (secondary N) is 1. The fourth-order valence-electron chi connectivity index (χ4n) is 4.43. The van der Waals surface area contributed by atoms with Gasteiger partial charge in [-0.25, -0.2) is 19.6 Å². The smallest absolute Gasteiger partial charge is 0.410 e. The number of amides is 3. The van der Waals surface area contributed by atoms with Gasteiger partial charge >= 0.3 is 12.1 Å². The molecule has 0 bridgehead atoms. The van der Waals surface area contributed by atoms with Crippen LogP contribution in [0.5, 0.6) is 5.75 Å². The molecule has 2 aromatic heterocycles. The number of nitrogens with zero attached hydrogens (tertiary/aromatic N) is 5. The van der Waals surface area contributed by atoms with Crippen molar-refractivity contribution in [3.05, 3.63) is 40.7 Å². The molecule has 4 heterocycles. The summed E-state index contributed by atoms with van der Waals surface area (Å²) in [6, 6.07) is 4.87. The van der Waals surface area contributed by atoms with E-state index in [1.807, 2.05) is 12.1 Å². The number of aromatic nitrogens is 2. The summed E-state index contributed by atoms with van der Waals surface area (Å²) >= 11 is 0. The van der Waals surface area contributed by atoms with Gasteiger partial charge in [-0.1, -0.05) is 0 Å². The van der Waals surface area contributed by atoms with E-state index in [-0.39, 0.29) is 35.5 Å². The standard InChI is InChI=1S/C26H30N6O6/c1-17(16-36-2)38-22-11-23(28-13-20(22)12-27)30-25(34)32-8-5-6-18-10-19(21(15-33)29-24(18)32)14-31-7-3-4-9-37-26(31)35/h10-11,13,15,17H,3-9,14,16H2,1-2H3,(H,28,30,34)/t17-/m1/s1. The fraction of sp³-hybridized carbons (Fsp3) is 0.462. The molecule has 1 fully saturated rings. The predicted octanol–water partition coefficient (Wildman–Crippen LogP) is 3.29. The van der Waals surface area contributed by atoms with Gasteiger partial charge in [-0.15, -0.1) is 0 Å². The van der Waals surface area contributed by atoms with E-state index in [0.29, 0.717) is 56.8 Å². The molecule has 2 aliphatic heterocycles. The van der Waals surface area contributed by atoms with E-state index in [0.717, 1.165) is 18.4 Å². The lowest BCUT2D eigenvalue weighted by molar-refractivity contribution is 0.0919. The molecular weight excluding hydrogens is 492 g/mol. The normalized spacial score (nSPS) is 16.0. The number of cyclic esters (lactones) is 1. The maximum Gasteiger partial charge on any atom is 0.410 e. The number of carbonyl (C=O) groups is 3. The van der Waals surface area contributed by atoms with Crippen molar-refractivity contribution >= 4 is 30.0 Å². The van der Waals surface area contributed by atoms with Gasteiger partial charge in [0.05, 0.1) is 26.0 Å². The Hall–Kier alpha value is -4.24. The molecule has 4 rings (SSSR count). The zero-order valence-electron chi connectivity index (χ0n) is 21.4. The van der Waals surface area contributed by atoms with Gasteiger partial charge in [0, 0.05) is 31.8 Å². The van der Waals surface area contributed by atoms with Crippen molar-refractivity contribution in [3.63, 3.8) is 0 Å². The minimum Gasteiger partial charge on any atom is -0.487 e. The highest BCUT2D eigenvalue weighted by Crippen LogP contribution is 2.29. The second kappa shape index (κ2) is 12.3. The van der Waals surface area contributed by atoms with Crippen molar-refractivity contribution in [2.75, 3.05) is 43.6 Å². The summed E-state index contributed by atoms with van der Waals surface area (Å²) in [5.41, 5.74) is 1.81. The number of hydrogen-bond acceptors (Lipinski definition) is 9. The molecule has 0 spiro atoms. The Kier molecular flexibility index (Phi) is 8.70. The Labute approximate surface area is 220 Å². The number of pyridine rings is 2. The quantitative estimate of drug-likeness (QED) is 0.516. The number of hydrogen-bond donors (Lipinski definition) is 1. The van der Waals surface area contributed by atoms with E-state index >= 15 is 0 Å². The van der Waals surface area contributed by atoms with Crippen molar-refractivity contribution in [2.45, 2.75) is 45.3 Å². The minimum atomic E-state index is -0.479. The van der Waals surface area contributed by atoms with Gasteiger partial charge in [0.15, 0.2) is 6.29 Å². The Morgan fingerprint density at radius 2 is 2.16 bits per heavy atom. The number of rotatable bonds is 8. The first-order chi connectivity index (χ1) is 18.4. The molecule has 0 saturated carbocycles. The fourth-order valence-corrected chi connectivity index (χ4v) is 4.43. The number of fused-ring (bicyclic) bond motifs is 1. The molecule has 0 aliphatic carbocycles. The van der Waals surface area contributed by atoms with E-state index in [2.05, 4.69) is 15.3 Å². The average molecular weight is 523 g/mol. The largest absolute Gasteiger partial charge is 0.487 e. The lowest BCUT2D eigenvalue weighted by Gasteiger charge is -2.29. The number of ether oxygens (including phenoxy) is 3. The number of urea groups is 1. The lowest BCUT2D eigenvalue weighted by atomic mass is 10.0. The highest BCUT2D eigenvalue weighted by Gasteiger charge is 2.28. The van der Waals surface area contributed by atoms with Crippen LogP contribution in [0.15, 0.2) is 18.3 Å². The van der Waals surface area contributed by atoms with Crippen molar-refractivity contribution in [1.29, 1.82) is 5.26 Å². The maximum absolute atomic E-state index is 13.3. The summed E-state index contributed by atoms with van der Waals surface area (Å²) in [6.07, 6.45) is 4.22. The molecule has 0 aromatic carbocycles. The first-order valence-corrected chi connectivity index (χ1v) is 12.5. The first kappa shape index (κ1) is 26.8. The second-order valence-corrected chi connectivity index (χ2v) is 9.12. The van der Waals surface area contributed by atoms with E-state index in [1.54, 1.807) is 18.9 Å². The van der Waals surface area contributed by atoms with Crippen molar-refractivity contribution in [1.82, 2.24) is 14.9 Å². The van der Waals surface area contributed by atoms with E-state index in [9.17, 15) is 19.6 Å². The van der Waals surface area contributed by atoms with Crippen molar-refractivity contribution < 1.29 is 28.6 Å². The van der Waals surface area contributed by atoms with Crippen LogP contribution in [-0.4, -0.2) is 72.8 Å². The Balaban J connectivity index is 1.55. The van der Waals surface area contributed by atoms with Crippen LogP contribution in [0.4, 0.5) is 21.2 Å². The number of aryl methyl sites for hydroxylation is 1. The highest BCUT2D eigenvalue weighted by atomic mass is 16.6. The van der Waals surface area contributed by atoms with Crippen LogP contribution in [0, 0.1) is 11.3 Å². The molecule has 1 N–H and O–H groups in total. The molecule has 0 radical (unpaired) electrons. The number of anilines is 2. The third-order valence-corrected chi connectivity index (χ3v) is 6.25. The SMILES string of the molecule is COC[C@@H](C)Oc1cc(NC(=O)N2CCCc3cc(CN4CCCCOC4=O)c(C=O)nc32)ncc1C#N. The van der Waals surface area contributed by atoms with Crippen LogP contribution < -0.4 is 15.0 Å². The van der Waals surface area contributed by atoms with Crippen LogP contribution in [0.3, 0.4) is 0 Å². The van der Waals surface area contributed by atoms with Crippen LogP contribution in [-0.2, 0) is 22.4 Å². The summed E-state index contributed by atoms with van der Waals surface area (Å²) < 4.78 is 16.1. The number of carbonyl (C=O) groups excluding carboxylic acids is 3. The van der Waals surface area contributed by atoms with Crippen LogP contribution in [0.1, 0.15) is 53.4 Å². The zero-order valence-corrected chi connectivity index (χ0v) is 21.4. The second-order valence-electron chi connectivity index (χ2n) is 9.12. The van der Waals surface area contributed by atoms with Crippen LogP contribution in [0.2, 0.25) is 0 Å². The lowest BCUT2D eigenvalue weighted by Crippen LogP contribution is -2.40. The molecule has 38 heavy (non-hydrogen) atoms. The Morgan fingerprint density at radius 3 is 2.92 bits per heavy atom. The zero-order chi connectivity index (χ0) is 27.1. The van der Waals surface area contributed by atoms with E-state index in [1.165, 1.54) is 17.2 Å². The third-order valence-electron chi connectivity index (χ3n) is 6.25. The van der Waals surface area contributed by atoms with Crippen molar-refractivity contribution in [3.8, 4) is 11.8 Å². The van der Waals surface area contributed by atoms with Gasteiger partial charge in [-0.05, 0) is 44.2 Å².